The lowest BCUT2D eigenvalue weighted by Gasteiger charge is -2.12. The summed E-state index contributed by atoms with van der Waals surface area (Å²) in [6.07, 6.45) is 0.990. The summed E-state index contributed by atoms with van der Waals surface area (Å²) in [5.74, 6) is -3.58. The normalized spacial score (nSPS) is 11.2. The first-order valence-electron chi connectivity index (χ1n) is 11.7. The quantitative estimate of drug-likeness (QED) is 0.142. The van der Waals surface area contributed by atoms with Crippen molar-refractivity contribution in [1.82, 2.24) is 0 Å². The summed E-state index contributed by atoms with van der Waals surface area (Å²) >= 11 is 0. The minimum atomic E-state index is -1.26. The molecular weight excluding hydrogens is 460 g/mol. The SMILES string of the molecule is C=CC(=O)C(CC(=O)c1ccc(C(=O)c2ccccc2)cc1)C(=O)CCC(=O)CCC(=O)CCC=O. The zero-order valence-electron chi connectivity index (χ0n) is 19.9. The van der Waals surface area contributed by atoms with Crippen LogP contribution in [0.1, 0.15) is 71.2 Å². The molecule has 2 aromatic carbocycles. The third kappa shape index (κ3) is 8.58. The lowest BCUT2D eigenvalue weighted by atomic mass is 9.88. The van der Waals surface area contributed by atoms with Gasteiger partial charge in [-0.1, -0.05) is 61.2 Å². The summed E-state index contributed by atoms with van der Waals surface area (Å²) in [5.41, 5.74) is 1.16. The predicted molar refractivity (Wildman–Crippen MR) is 133 cm³/mol. The Balaban J connectivity index is 1.97. The molecule has 1 atom stereocenters. The lowest BCUT2D eigenvalue weighted by Crippen LogP contribution is -2.26. The Hall–Kier alpha value is -4.13. The van der Waals surface area contributed by atoms with Crippen LogP contribution >= 0.6 is 0 Å². The third-order valence-corrected chi connectivity index (χ3v) is 5.70. The number of Topliss-reactive ketones (excluding diaryl/α,β-unsaturated/α-hetero) is 4. The van der Waals surface area contributed by atoms with Gasteiger partial charge in [-0.25, -0.2) is 0 Å². The summed E-state index contributed by atoms with van der Waals surface area (Å²) in [5, 5.41) is 0. The van der Waals surface area contributed by atoms with Crippen molar-refractivity contribution in [2.75, 3.05) is 0 Å². The predicted octanol–water partition coefficient (Wildman–Crippen LogP) is 4.11. The average Bonchev–Trinajstić information content (AvgIpc) is 2.91. The molecule has 0 heterocycles. The zero-order valence-corrected chi connectivity index (χ0v) is 19.9. The van der Waals surface area contributed by atoms with Crippen molar-refractivity contribution in [3.63, 3.8) is 0 Å². The van der Waals surface area contributed by atoms with Crippen molar-refractivity contribution >= 4 is 41.0 Å². The van der Waals surface area contributed by atoms with Gasteiger partial charge in [-0.15, -0.1) is 0 Å². The van der Waals surface area contributed by atoms with Crippen LogP contribution < -0.4 is 0 Å². The molecule has 0 amide bonds. The summed E-state index contributed by atoms with van der Waals surface area (Å²) in [6.45, 7) is 3.39. The molecule has 0 spiro atoms. The van der Waals surface area contributed by atoms with Gasteiger partial charge >= 0.3 is 0 Å². The van der Waals surface area contributed by atoms with Crippen molar-refractivity contribution in [2.24, 2.45) is 5.92 Å². The Morgan fingerprint density at radius 3 is 1.81 bits per heavy atom. The van der Waals surface area contributed by atoms with E-state index in [0.717, 1.165) is 6.08 Å². The molecule has 0 aliphatic carbocycles. The van der Waals surface area contributed by atoms with Gasteiger partial charge in [0.15, 0.2) is 17.3 Å². The van der Waals surface area contributed by atoms with Gasteiger partial charge in [0.25, 0.3) is 0 Å². The second-order valence-electron chi connectivity index (χ2n) is 8.31. The fourth-order valence-corrected chi connectivity index (χ4v) is 3.57. The average molecular weight is 489 g/mol. The van der Waals surface area contributed by atoms with E-state index in [1.54, 1.807) is 30.3 Å². The van der Waals surface area contributed by atoms with E-state index in [4.69, 9.17) is 0 Å². The molecule has 0 aromatic heterocycles. The van der Waals surface area contributed by atoms with Gasteiger partial charge in [-0.2, -0.15) is 0 Å². The standard InChI is InChI=1S/C29H28O7/c1-2-26(33)25(27(34)17-16-24(32)15-14-23(31)9-6-18-30)19-28(35)20-10-12-22(13-11-20)29(36)21-7-4-3-5-8-21/h2-5,7-8,10-13,18,25H,1,6,9,14-17,19H2. The van der Waals surface area contributed by atoms with Crippen LogP contribution in [0.5, 0.6) is 0 Å². The van der Waals surface area contributed by atoms with Crippen LogP contribution in [-0.4, -0.2) is 41.0 Å². The second kappa shape index (κ2) is 14.3. The van der Waals surface area contributed by atoms with Gasteiger partial charge in [0, 0.05) is 61.6 Å². The molecule has 7 heteroatoms. The summed E-state index contributed by atoms with van der Waals surface area (Å²) in [6, 6.07) is 14.7. The molecule has 0 saturated carbocycles. The smallest absolute Gasteiger partial charge is 0.193 e. The van der Waals surface area contributed by atoms with Gasteiger partial charge in [-0.05, 0) is 6.08 Å². The number of rotatable bonds is 17. The number of carbonyl (C=O) groups excluding carboxylic acids is 7. The van der Waals surface area contributed by atoms with E-state index in [1.807, 2.05) is 0 Å². The van der Waals surface area contributed by atoms with Crippen LogP contribution in [0.25, 0.3) is 0 Å². The molecule has 0 bridgehead atoms. The monoisotopic (exact) mass is 488 g/mol. The molecule has 7 nitrogen and oxygen atoms in total. The molecule has 36 heavy (non-hydrogen) atoms. The van der Waals surface area contributed by atoms with Crippen LogP contribution in [0.15, 0.2) is 67.3 Å². The van der Waals surface area contributed by atoms with Crippen LogP contribution in [0, 0.1) is 5.92 Å². The maximum Gasteiger partial charge on any atom is 0.193 e. The molecule has 2 rings (SSSR count). The van der Waals surface area contributed by atoms with Crippen molar-refractivity contribution < 1.29 is 33.6 Å². The van der Waals surface area contributed by atoms with Crippen molar-refractivity contribution in [3.05, 3.63) is 83.9 Å². The molecule has 0 fully saturated rings. The molecule has 0 N–H and O–H groups in total. The molecular formula is C29H28O7. The number of allylic oxidation sites excluding steroid dienone is 1. The first-order chi connectivity index (χ1) is 17.3. The molecule has 0 aliphatic heterocycles. The minimum Gasteiger partial charge on any atom is -0.303 e. The number of ketones is 6. The van der Waals surface area contributed by atoms with Gasteiger partial charge in [0.2, 0.25) is 0 Å². The highest BCUT2D eigenvalue weighted by Gasteiger charge is 2.28. The Labute approximate surface area is 209 Å². The van der Waals surface area contributed by atoms with E-state index in [0.29, 0.717) is 17.4 Å². The Morgan fingerprint density at radius 1 is 0.694 bits per heavy atom. The number of carbonyl (C=O) groups is 7. The first-order valence-corrected chi connectivity index (χ1v) is 11.7. The maximum absolute atomic E-state index is 12.8. The van der Waals surface area contributed by atoms with E-state index in [9.17, 15) is 33.6 Å². The van der Waals surface area contributed by atoms with Gasteiger partial charge < -0.3 is 4.79 Å². The van der Waals surface area contributed by atoms with E-state index < -0.39 is 23.3 Å². The highest BCUT2D eigenvalue weighted by molar-refractivity contribution is 6.12. The van der Waals surface area contributed by atoms with E-state index in [1.165, 1.54) is 24.3 Å². The molecule has 0 radical (unpaired) electrons. The van der Waals surface area contributed by atoms with Crippen LogP contribution in [0.2, 0.25) is 0 Å². The molecule has 0 saturated heterocycles. The van der Waals surface area contributed by atoms with Crippen LogP contribution in [0.4, 0.5) is 0 Å². The third-order valence-electron chi connectivity index (χ3n) is 5.70. The van der Waals surface area contributed by atoms with E-state index in [2.05, 4.69) is 6.58 Å². The summed E-state index contributed by atoms with van der Waals surface area (Å²) in [7, 11) is 0. The zero-order chi connectivity index (χ0) is 26.5. The van der Waals surface area contributed by atoms with Gasteiger partial charge in [0.1, 0.15) is 23.6 Å². The Kier molecular flexibility index (Phi) is 11.2. The molecule has 0 aliphatic rings. The fraction of sp³-hybridized carbons (Fsp3) is 0.276. The summed E-state index contributed by atoms with van der Waals surface area (Å²) < 4.78 is 0. The highest BCUT2D eigenvalue weighted by Crippen LogP contribution is 2.18. The number of hydrogen-bond donors (Lipinski definition) is 0. The molecule has 186 valence electrons. The Bertz CT molecular complexity index is 1140. The van der Waals surface area contributed by atoms with Crippen molar-refractivity contribution in [3.8, 4) is 0 Å². The largest absolute Gasteiger partial charge is 0.303 e. The van der Waals surface area contributed by atoms with Crippen LogP contribution in [0.3, 0.4) is 0 Å². The van der Waals surface area contributed by atoms with Gasteiger partial charge in [0.05, 0.1) is 5.92 Å². The highest BCUT2D eigenvalue weighted by atomic mass is 16.2. The Morgan fingerprint density at radius 2 is 1.22 bits per heavy atom. The second-order valence-corrected chi connectivity index (χ2v) is 8.31. The number of benzene rings is 2. The fourth-order valence-electron chi connectivity index (χ4n) is 3.57. The number of hydrogen-bond acceptors (Lipinski definition) is 7. The summed E-state index contributed by atoms with van der Waals surface area (Å²) in [4.78, 5) is 84.2. The minimum absolute atomic E-state index is 0.00284. The van der Waals surface area contributed by atoms with Crippen LogP contribution in [-0.2, 0) is 24.0 Å². The van der Waals surface area contributed by atoms with Crippen molar-refractivity contribution in [1.29, 1.82) is 0 Å². The topological polar surface area (TPSA) is 119 Å². The first kappa shape index (κ1) is 28.1. The molecule has 2 aromatic rings. The van der Waals surface area contributed by atoms with Crippen molar-refractivity contribution in [2.45, 2.75) is 44.9 Å². The van der Waals surface area contributed by atoms with E-state index >= 15 is 0 Å². The number of aldehydes is 1. The maximum atomic E-state index is 12.8. The lowest BCUT2D eigenvalue weighted by molar-refractivity contribution is -0.132. The molecule has 1 unspecified atom stereocenters. The van der Waals surface area contributed by atoms with E-state index in [-0.39, 0.29) is 67.9 Å². The van der Waals surface area contributed by atoms with Gasteiger partial charge in [-0.3, -0.25) is 28.8 Å².